The zero-order valence-electron chi connectivity index (χ0n) is 11.6. The van der Waals surface area contributed by atoms with Crippen molar-refractivity contribution in [3.8, 4) is 0 Å². The molecule has 0 heterocycles. The van der Waals surface area contributed by atoms with E-state index in [-0.39, 0.29) is 0 Å². The van der Waals surface area contributed by atoms with E-state index < -0.39 is 0 Å². The first kappa shape index (κ1) is 13.9. The lowest BCUT2D eigenvalue weighted by atomic mass is 9.75. The van der Waals surface area contributed by atoms with Gasteiger partial charge in [0.05, 0.1) is 0 Å². The van der Waals surface area contributed by atoms with Crippen molar-refractivity contribution in [3.63, 3.8) is 0 Å². The van der Waals surface area contributed by atoms with Gasteiger partial charge in [0.15, 0.2) is 0 Å². The molecule has 1 saturated carbocycles. The maximum absolute atomic E-state index is 6.23. The molecule has 1 unspecified atom stereocenters. The quantitative estimate of drug-likeness (QED) is 0.828. The molecule has 0 amide bonds. The van der Waals surface area contributed by atoms with Gasteiger partial charge in [0.2, 0.25) is 0 Å². The highest BCUT2D eigenvalue weighted by Gasteiger charge is 2.31. The third-order valence-electron chi connectivity index (χ3n) is 4.35. The van der Waals surface area contributed by atoms with Gasteiger partial charge in [-0.3, -0.25) is 0 Å². The van der Waals surface area contributed by atoms with Crippen LogP contribution < -0.4 is 5.32 Å². The van der Waals surface area contributed by atoms with Crippen LogP contribution in [0.3, 0.4) is 0 Å². The van der Waals surface area contributed by atoms with Gasteiger partial charge in [-0.1, -0.05) is 50.6 Å². The van der Waals surface area contributed by atoms with Crippen LogP contribution in [0.25, 0.3) is 0 Å². The van der Waals surface area contributed by atoms with Crippen LogP contribution in [-0.2, 0) is 0 Å². The Hall–Kier alpha value is -0.530. The lowest BCUT2D eigenvalue weighted by Crippen LogP contribution is -2.42. The fourth-order valence-corrected chi connectivity index (χ4v) is 2.72. The van der Waals surface area contributed by atoms with Crippen molar-refractivity contribution in [1.29, 1.82) is 0 Å². The molecule has 1 fully saturated rings. The SMILES string of the molecule is CC(C)C(C)CNC1CC(c2ccccc2Cl)C1. The minimum Gasteiger partial charge on any atom is -0.314 e. The first-order chi connectivity index (χ1) is 8.58. The molecule has 1 aromatic carbocycles. The summed E-state index contributed by atoms with van der Waals surface area (Å²) in [6, 6.07) is 8.94. The van der Waals surface area contributed by atoms with Crippen molar-refractivity contribution in [2.75, 3.05) is 6.54 Å². The van der Waals surface area contributed by atoms with E-state index in [0.29, 0.717) is 12.0 Å². The Morgan fingerprint density at radius 2 is 1.89 bits per heavy atom. The van der Waals surface area contributed by atoms with E-state index in [4.69, 9.17) is 11.6 Å². The van der Waals surface area contributed by atoms with E-state index in [1.165, 1.54) is 18.4 Å². The maximum Gasteiger partial charge on any atom is 0.0440 e. The molecule has 0 aliphatic heterocycles. The van der Waals surface area contributed by atoms with Gasteiger partial charge in [0, 0.05) is 11.1 Å². The van der Waals surface area contributed by atoms with E-state index in [2.05, 4.69) is 38.2 Å². The predicted molar refractivity (Wildman–Crippen MR) is 79.2 cm³/mol. The van der Waals surface area contributed by atoms with E-state index in [1.54, 1.807) is 0 Å². The molecule has 2 heteroatoms. The second-order valence-electron chi connectivity index (χ2n) is 6.02. The molecule has 1 aliphatic rings. The van der Waals surface area contributed by atoms with Crippen molar-refractivity contribution in [2.45, 2.75) is 45.6 Å². The minimum absolute atomic E-state index is 0.658. The Balaban J connectivity index is 1.76. The summed E-state index contributed by atoms with van der Waals surface area (Å²) in [5.41, 5.74) is 1.33. The molecule has 0 bridgehead atoms. The van der Waals surface area contributed by atoms with Crippen molar-refractivity contribution in [1.82, 2.24) is 5.32 Å². The number of hydrogen-bond acceptors (Lipinski definition) is 1. The Morgan fingerprint density at radius 1 is 1.22 bits per heavy atom. The van der Waals surface area contributed by atoms with Crippen LogP contribution in [0.15, 0.2) is 24.3 Å². The summed E-state index contributed by atoms with van der Waals surface area (Å²) in [5.74, 6) is 2.17. The van der Waals surface area contributed by atoms with Gasteiger partial charge < -0.3 is 5.32 Å². The molecule has 1 nitrogen and oxygen atoms in total. The number of halogens is 1. The van der Waals surface area contributed by atoms with Crippen LogP contribution in [-0.4, -0.2) is 12.6 Å². The lowest BCUT2D eigenvalue weighted by molar-refractivity contribution is 0.264. The van der Waals surface area contributed by atoms with Crippen molar-refractivity contribution in [3.05, 3.63) is 34.9 Å². The summed E-state index contributed by atoms with van der Waals surface area (Å²) in [6.07, 6.45) is 2.46. The molecular formula is C16H24ClN. The minimum atomic E-state index is 0.658. The standard InChI is InChI=1S/C16H24ClN/c1-11(2)12(3)10-18-14-8-13(9-14)15-6-4-5-7-16(15)17/h4-7,11-14,18H,8-10H2,1-3H3. The van der Waals surface area contributed by atoms with Crippen molar-refractivity contribution < 1.29 is 0 Å². The number of hydrogen-bond donors (Lipinski definition) is 1. The maximum atomic E-state index is 6.23. The Kier molecular flexibility index (Phi) is 4.69. The lowest BCUT2D eigenvalue weighted by Gasteiger charge is -2.37. The monoisotopic (exact) mass is 265 g/mol. The molecule has 1 aromatic rings. The molecule has 0 spiro atoms. The molecule has 0 saturated heterocycles. The summed E-state index contributed by atoms with van der Waals surface area (Å²) in [6.45, 7) is 8.04. The second kappa shape index (κ2) is 6.08. The molecule has 2 rings (SSSR count). The Morgan fingerprint density at radius 3 is 2.50 bits per heavy atom. The van der Waals surface area contributed by atoms with E-state index in [1.807, 2.05) is 12.1 Å². The van der Waals surface area contributed by atoms with Crippen LogP contribution in [0, 0.1) is 11.8 Å². The number of nitrogens with one attached hydrogen (secondary N) is 1. The van der Waals surface area contributed by atoms with Gasteiger partial charge in [-0.25, -0.2) is 0 Å². The summed E-state index contributed by atoms with van der Waals surface area (Å²) < 4.78 is 0. The molecular weight excluding hydrogens is 242 g/mol. The normalized spacial score (nSPS) is 24.9. The van der Waals surface area contributed by atoms with Gasteiger partial charge in [0.25, 0.3) is 0 Å². The fraction of sp³-hybridized carbons (Fsp3) is 0.625. The predicted octanol–water partition coefficient (Wildman–Crippen LogP) is 4.47. The average molecular weight is 266 g/mol. The zero-order valence-corrected chi connectivity index (χ0v) is 12.4. The molecule has 1 atom stereocenters. The zero-order chi connectivity index (χ0) is 13.1. The largest absolute Gasteiger partial charge is 0.314 e. The molecule has 0 radical (unpaired) electrons. The molecule has 1 aliphatic carbocycles. The first-order valence-corrected chi connectivity index (χ1v) is 7.43. The summed E-state index contributed by atoms with van der Waals surface area (Å²) in [7, 11) is 0. The molecule has 1 N–H and O–H groups in total. The Labute approximate surface area is 116 Å². The Bertz CT molecular complexity index is 382. The second-order valence-corrected chi connectivity index (χ2v) is 6.42. The average Bonchev–Trinajstić information content (AvgIpc) is 2.28. The fourth-order valence-electron chi connectivity index (χ4n) is 2.43. The third-order valence-corrected chi connectivity index (χ3v) is 4.69. The van der Waals surface area contributed by atoms with Crippen LogP contribution in [0.1, 0.15) is 45.1 Å². The van der Waals surface area contributed by atoms with E-state index in [0.717, 1.165) is 23.4 Å². The highest BCUT2D eigenvalue weighted by Crippen LogP contribution is 2.39. The van der Waals surface area contributed by atoms with Crippen LogP contribution >= 0.6 is 11.6 Å². The van der Waals surface area contributed by atoms with Gasteiger partial charge >= 0.3 is 0 Å². The highest BCUT2D eigenvalue weighted by atomic mass is 35.5. The van der Waals surface area contributed by atoms with Crippen LogP contribution in [0.5, 0.6) is 0 Å². The molecule has 0 aromatic heterocycles. The summed E-state index contributed by atoms with van der Waals surface area (Å²) >= 11 is 6.23. The summed E-state index contributed by atoms with van der Waals surface area (Å²) in [4.78, 5) is 0. The topological polar surface area (TPSA) is 12.0 Å². The van der Waals surface area contributed by atoms with Gasteiger partial charge in [-0.05, 0) is 48.8 Å². The van der Waals surface area contributed by atoms with Gasteiger partial charge in [-0.2, -0.15) is 0 Å². The van der Waals surface area contributed by atoms with Gasteiger partial charge in [0.1, 0.15) is 0 Å². The molecule has 100 valence electrons. The van der Waals surface area contributed by atoms with Crippen molar-refractivity contribution >= 4 is 11.6 Å². The smallest absolute Gasteiger partial charge is 0.0440 e. The van der Waals surface area contributed by atoms with E-state index >= 15 is 0 Å². The number of benzene rings is 1. The highest BCUT2D eigenvalue weighted by molar-refractivity contribution is 6.31. The van der Waals surface area contributed by atoms with Crippen LogP contribution in [0.2, 0.25) is 5.02 Å². The van der Waals surface area contributed by atoms with Crippen LogP contribution in [0.4, 0.5) is 0 Å². The number of rotatable bonds is 5. The van der Waals surface area contributed by atoms with Gasteiger partial charge in [-0.15, -0.1) is 0 Å². The van der Waals surface area contributed by atoms with E-state index in [9.17, 15) is 0 Å². The first-order valence-electron chi connectivity index (χ1n) is 7.05. The third kappa shape index (κ3) is 3.27. The summed E-state index contributed by atoms with van der Waals surface area (Å²) in [5, 5.41) is 4.60. The van der Waals surface area contributed by atoms with Crippen molar-refractivity contribution in [2.24, 2.45) is 11.8 Å². The molecule has 18 heavy (non-hydrogen) atoms.